The van der Waals surface area contributed by atoms with Gasteiger partial charge in [0.25, 0.3) is 5.91 Å². The van der Waals surface area contributed by atoms with Gasteiger partial charge in [-0.25, -0.2) is 4.98 Å². The quantitative estimate of drug-likeness (QED) is 0.770. The predicted octanol–water partition coefficient (Wildman–Crippen LogP) is 2.40. The van der Waals surface area contributed by atoms with E-state index in [0.29, 0.717) is 10.1 Å². The Morgan fingerprint density at radius 1 is 1.29 bits per heavy atom. The van der Waals surface area contributed by atoms with Gasteiger partial charge in [-0.3, -0.25) is 10.1 Å². The van der Waals surface area contributed by atoms with E-state index in [9.17, 15) is 4.79 Å². The number of anilines is 1. The molecule has 0 radical (unpaired) electrons. The standard InChI is InChI=1S/C10H6N4OS2/c15-8(13-10-14-11-5-16-10)9-12-6-3-1-2-4-7(6)17-9/h1-5H,(H,13,14,15). The Hall–Kier alpha value is -1.86. The lowest BCUT2D eigenvalue weighted by atomic mass is 10.3. The van der Waals surface area contributed by atoms with Gasteiger partial charge in [-0.15, -0.1) is 21.5 Å². The van der Waals surface area contributed by atoms with Crippen molar-refractivity contribution in [1.29, 1.82) is 0 Å². The number of aromatic nitrogens is 3. The topological polar surface area (TPSA) is 67.8 Å². The summed E-state index contributed by atoms with van der Waals surface area (Å²) in [7, 11) is 0. The van der Waals surface area contributed by atoms with Crippen LogP contribution in [0.3, 0.4) is 0 Å². The van der Waals surface area contributed by atoms with Crippen LogP contribution in [0.2, 0.25) is 0 Å². The lowest BCUT2D eigenvalue weighted by Gasteiger charge is -1.94. The van der Waals surface area contributed by atoms with Crippen molar-refractivity contribution in [1.82, 2.24) is 15.2 Å². The monoisotopic (exact) mass is 262 g/mol. The van der Waals surface area contributed by atoms with E-state index in [-0.39, 0.29) is 5.91 Å². The van der Waals surface area contributed by atoms with Crippen molar-refractivity contribution in [2.45, 2.75) is 0 Å². The van der Waals surface area contributed by atoms with Gasteiger partial charge in [0.15, 0.2) is 5.01 Å². The molecule has 2 heterocycles. The van der Waals surface area contributed by atoms with Crippen LogP contribution in [0.15, 0.2) is 29.8 Å². The number of nitrogens with zero attached hydrogens (tertiary/aromatic N) is 3. The molecule has 7 heteroatoms. The van der Waals surface area contributed by atoms with Crippen molar-refractivity contribution in [3.8, 4) is 0 Å². The van der Waals surface area contributed by atoms with Crippen molar-refractivity contribution in [3.05, 3.63) is 34.8 Å². The largest absolute Gasteiger partial charge is 0.294 e. The first-order valence-corrected chi connectivity index (χ1v) is 6.45. The minimum Gasteiger partial charge on any atom is -0.294 e. The van der Waals surface area contributed by atoms with Crippen LogP contribution < -0.4 is 5.32 Å². The zero-order chi connectivity index (χ0) is 11.7. The number of hydrogen-bond donors (Lipinski definition) is 1. The number of benzene rings is 1. The Morgan fingerprint density at radius 3 is 2.94 bits per heavy atom. The van der Waals surface area contributed by atoms with Gasteiger partial charge in [-0.2, -0.15) is 0 Å². The van der Waals surface area contributed by atoms with E-state index in [0.717, 1.165) is 10.2 Å². The molecular formula is C10H6N4OS2. The first-order chi connectivity index (χ1) is 8.33. The van der Waals surface area contributed by atoms with Crippen molar-refractivity contribution in [3.63, 3.8) is 0 Å². The molecule has 2 aromatic heterocycles. The Bertz CT molecular complexity index is 629. The first-order valence-electron chi connectivity index (χ1n) is 4.76. The van der Waals surface area contributed by atoms with Crippen LogP contribution in [0.1, 0.15) is 9.80 Å². The molecule has 3 rings (SSSR count). The molecule has 0 aliphatic heterocycles. The maximum absolute atomic E-state index is 11.9. The molecule has 0 fully saturated rings. The molecule has 0 saturated carbocycles. The van der Waals surface area contributed by atoms with Gasteiger partial charge in [0, 0.05) is 0 Å². The zero-order valence-electron chi connectivity index (χ0n) is 8.45. The number of nitrogens with one attached hydrogen (secondary N) is 1. The summed E-state index contributed by atoms with van der Waals surface area (Å²) in [6, 6.07) is 7.64. The van der Waals surface area contributed by atoms with E-state index in [2.05, 4.69) is 20.5 Å². The minimum atomic E-state index is -0.247. The number of amides is 1. The van der Waals surface area contributed by atoms with Crippen molar-refractivity contribution in [2.75, 3.05) is 5.32 Å². The Labute approximate surface area is 104 Å². The lowest BCUT2D eigenvalue weighted by Crippen LogP contribution is -2.11. The summed E-state index contributed by atoms with van der Waals surface area (Å²) in [5.74, 6) is -0.247. The highest BCUT2D eigenvalue weighted by molar-refractivity contribution is 7.20. The molecule has 5 nitrogen and oxygen atoms in total. The molecule has 0 atom stereocenters. The molecular weight excluding hydrogens is 256 g/mol. The second kappa shape index (κ2) is 4.19. The molecule has 1 aromatic carbocycles. The van der Waals surface area contributed by atoms with Gasteiger partial charge in [-0.1, -0.05) is 23.5 Å². The Morgan fingerprint density at radius 2 is 2.18 bits per heavy atom. The summed E-state index contributed by atoms with van der Waals surface area (Å²) >= 11 is 2.64. The van der Waals surface area contributed by atoms with Crippen LogP contribution in [-0.2, 0) is 0 Å². The molecule has 1 amide bonds. The maximum Gasteiger partial charge on any atom is 0.286 e. The van der Waals surface area contributed by atoms with Crippen LogP contribution in [0.5, 0.6) is 0 Å². The SMILES string of the molecule is O=C(Nc1nncs1)c1nc2ccccc2s1. The smallest absolute Gasteiger partial charge is 0.286 e. The highest BCUT2D eigenvalue weighted by Crippen LogP contribution is 2.22. The summed E-state index contributed by atoms with van der Waals surface area (Å²) in [5.41, 5.74) is 2.40. The van der Waals surface area contributed by atoms with E-state index >= 15 is 0 Å². The summed E-state index contributed by atoms with van der Waals surface area (Å²) in [6.45, 7) is 0. The van der Waals surface area contributed by atoms with Gasteiger partial charge in [0.2, 0.25) is 5.13 Å². The number of rotatable bonds is 2. The van der Waals surface area contributed by atoms with Crippen molar-refractivity contribution < 1.29 is 4.79 Å². The fourth-order valence-electron chi connectivity index (χ4n) is 1.35. The number of thiazole rings is 1. The summed E-state index contributed by atoms with van der Waals surface area (Å²) in [4.78, 5) is 16.1. The van der Waals surface area contributed by atoms with Gasteiger partial charge in [0.05, 0.1) is 10.2 Å². The van der Waals surface area contributed by atoms with Crippen LogP contribution in [0.25, 0.3) is 10.2 Å². The highest BCUT2D eigenvalue weighted by Gasteiger charge is 2.13. The van der Waals surface area contributed by atoms with Crippen LogP contribution >= 0.6 is 22.7 Å². The second-order valence-corrected chi connectivity index (χ2v) is 5.05. The molecule has 0 aliphatic carbocycles. The predicted molar refractivity (Wildman–Crippen MR) is 67.5 cm³/mol. The van der Waals surface area contributed by atoms with E-state index < -0.39 is 0 Å². The van der Waals surface area contributed by atoms with E-state index in [1.54, 1.807) is 5.51 Å². The number of hydrogen-bond acceptors (Lipinski definition) is 6. The number of para-hydroxylation sites is 1. The molecule has 84 valence electrons. The molecule has 1 N–H and O–H groups in total. The second-order valence-electron chi connectivity index (χ2n) is 3.18. The van der Waals surface area contributed by atoms with Crippen LogP contribution in [0.4, 0.5) is 5.13 Å². The molecule has 3 aromatic rings. The number of carbonyl (C=O) groups excluding carboxylic acids is 1. The molecule has 0 saturated heterocycles. The normalized spacial score (nSPS) is 10.6. The average Bonchev–Trinajstić information content (AvgIpc) is 2.96. The molecule has 17 heavy (non-hydrogen) atoms. The number of fused-ring (bicyclic) bond motifs is 1. The third-order valence-electron chi connectivity index (χ3n) is 2.07. The fraction of sp³-hybridized carbons (Fsp3) is 0. The lowest BCUT2D eigenvalue weighted by molar-refractivity contribution is 0.102. The Kier molecular flexibility index (Phi) is 2.54. The average molecular weight is 262 g/mol. The van der Waals surface area contributed by atoms with Crippen LogP contribution in [0, 0.1) is 0 Å². The van der Waals surface area contributed by atoms with Crippen LogP contribution in [-0.4, -0.2) is 21.1 Å². The Balaban J connectivity index is 1.90. The molecule has 0 unspecified atom stereocenters. The highest BCUT2D eigenvalue weighted by atomic mass is 32.1. The minimum absolute atomic E-state index is 0.247. The molecule has 0 aliphatic rings. The van der Waals surface area contributed by atoms with E-state index in [1.165, 1.54) is 22.7 Å². The van der Waals surface area contributed by atoms with Crippen molar-refractivity contribution >= 4 is 43.9 Å². The molecule has 0 bridgehead atoms. The zero-order valence-corrected chi connectivity index (χ0v) is 10.1. The van der Waals surface area contributed by atoms with Gasteiger partial charge in [-0.05, 0) is 12.1 Å². The molecule has 0 spiro atoms. The fourth-order valence-corrected chi connectivity index (χ4v) is 2.65. The van der Waals surface area contributed by atoms with E-state index in [4.69, 9.17) is 0 Å². The summed E-state index contributed by atoms with van der Waals surface area (Å²) in [6.07, 6.45) is 0. The first kappa shape index (κ1) is 10.3. The third kappa shape index (κ3) is 2.02. The summed E-state index contributed by atoms with van der Waals surface area (Å²) in [5, 5.41) is 11.0. The van der Waals surface area contributed by atoms with Crippen molar-refractivity contribution in [2.24, 2.45) is 0 Å². The maximum atomic E-state index is 11.9. The van der Waals surface area contributed by atoms with E-state index in [1.807, 2.05) is 24.3 Å². The van der Waals surface area contributed by atoms with Gasteiger partial charge < -0.3 is 0 Å². The third-order valence-corrected chi connectivity index (χ3v) is 3.71. The van der Waals surface area contributed by atoms with Gasteiger partial charge in [0.1, 0.15) is 5.51 Å². The van der Waals surface area contributed by atoms with Gasteiger partial charge >= 0.3 is 0 Å². The summed E-state index contributed by atoms with van der Waals surface area (Å²) < 4.78 is 0.995. The number of carbonyl (C=O) groups is 1.